The molecule has 5 heteroatoms. The molecule has 126 valence electrons. The number of carbonyl (C=O) groups is 2. The first-order valence-electron chi connectivity index (χ1n) is 7.80. The second-order valence-electron chi connectivity index (χ2n) is 5.32. The van der Waals surface area contributed by atoms with Crippen molar-refractivity contribution in [2.75, 3.05) is 6.61 Å². The van der Waals surface area contributed by atoms with Gasteiger partial charge < -0.3 is 14.6 Å². The predicted molar refractivity (Wildman–Crippen MR) is 93.5 cm³/mol. The summed E-state index contributed by atoms with van der Waals surface area (Å²) in [5.41, 5.74) is 0.497. The van der Waals surface area contributed by atoms with E-state index in [-0.39, 0.29) is 17.1 Å². The molecule has 3 rings (SSSR count). The summed E-state index contributed by atoms with van der Waals surface area (Å²) in [6.07, 6.45) is 0. The minimum absolute atomic E-state index is 0.0633. The monoisotopic (exact) mass is 336 g/mol. The molecule has 0 aliphatic rings. The van der Waals surface area contributed by atoms with Gasteiger partial charge in [0.1, 0.15) is 0 Å². The van der Waals surface area contributed by atoms with Crippen molar-refractivity contribution in [1.82, 2.24) is 0 Å². The Morgan fingerprint density at radius 2 is 1.72 bits per heavy atom. The second-order valence-corrected chi connectivity index (χ2v) is 5.32. The highest BCUT2D eigenvalue weighted by Gasteiger charge is 2.16. The second kappa shape index (κ2) is 7.05. The molecule has 0 aromatic heterocycles. The van der Waals surface area contributed by atoms with Crippen LogP contribution in [-0.2, 0) is 0 Å². The number of aromatic carboxylic acids is 1. The molecule has 3 aromatic rings. The van der Waals surface area contributed by atoms with Crippen LogP contribution in [0.3, 0.4) is 0 Å². The molecule has 0 saturated heterocycles. The topological polar surface area (TPSA) is 72.8 Å². The summed E-state index contributed by atoms with van der Waals surface area (Å²) in [5.74, 6) is -1.20. The maximum Gasteiger partial charge on any atom is 0.344 e. The highest BCUT2D eigenvalue weighted by atomic mass is 16.6. The largest absolute Gasteiger partial charge is 0.490 e. The average molecular weight is 336 g/mol. The number of fused-ring (bicyclic) bond motifs is 1. The number of carboxylic acid groups (broad SMARTS) is 1. The van der Waals surface area contributed by atoms with Gasteiger partial charge in [-0.15, -0.1) is 0 Å². The number of esters is 1. The summed E-state index contributed by atoms with van der Waals surface area (Å²) in [7, 11) is 0. The molecule has 1 N–H and O–H groups in total. The highest BCUT2D eigenvalue weighted by Crippen LogP contribution is 2.30. The van der Waals surface area contributed by atoms with E-state index in [1.54, 1.807) is 19.1 Å². The molecule has 0 aliphatic heterocycles. The molecule has 0 unspecified atom stereocenters. The smallest absolute Gasteiger partial charge is 0.344 e. The van der Waals surface area contributed by atoms with Gasteiger partial charge in [-0.3, -0.25) is 0 Å². The molecule has 3 aromatic carbocycles. The van der Waals surface area contributed by atoms with Gasteiger partial charge in [0.15, 0.2) is 11.5 Å². The van der Waals surface area contributed by atoms with Crippen molar-refractivity contribution in [1.29, 1.82) is 0 Å². The first kappa shape index (κ1) is 16.5. The van der Waals surface area contributed by atoms with Crippen molar-refractivity contribution < 1.29 is 24.2 Å². The third kappa shape index (κ3) is 3.45. The van der Waals surface area contributed by atoms with E-state index in [9.17, 15) is 9.59 Å². The Kier molecular flexibility index (Phi) is 4.66. The van der Waals surface area contributed by atoms with Crippen molar-refractivity contribution >= 4 is 22.7 Å². The van der Waals surface area contributed by atoms with Crippen LogP contribution in [0.25, 0.3) is 10.8 Å². The summed E-state index contributed by atoms with van der Waals surface area (Å²) >= 11 is 0. The SMILES string of the molecule is CCOc1cc(C(=O)O)ccc1OC(=O)c1cccc2ccccc12. The first-order chi connectivity index (χ1) is 12.1. The van der Waals surface area contributed by atoms with E-state index in [4.69, 9.17) is 14.6 Å². The molecule has 5 nitrogen and oxygen atoms in total. The van der Waals surface area contributed by atoms with E-state index in [0.717, 1.165) is 10.8 Å². The Morgan fingerprint density at radius 1 is 0.960 bits per heavy atom. The minimum Gasteiger partial charge on any atom is -0.490 e. The van der Waals surface area contributed by atoms with Gasteiger partial charge in [0.25, 0.3) is 0 Å². The molecule has 0 fully saturated rings. The number of ether oxygens (including phenoxy) is 2. The van der Waals surface area contributed by atoms with Crippen LogP contribution in [0.5, 0.6) is 11.5 Å². The molecule has 0 heterocycles. The molecule has 0 spiro atoms. The van der Waals surface area contributed by atoms with E-state index in [1.807, 2.05) is 30.3 Å². The number of hydrogen-bond acceptors (Lipinski definition) is 4. The van der Waals surface area contributed by atoms with Crippen LogP contribution in [0.15, 0.2) is 60.7 Å². The van der Waals surface area contributed by atoms with E-state index in [2.05, 4.69) is 0 Å². The highest BCUT2D eigenvalue weighted by molar-refractivity contribution is 6.05. The van der Waals surface area contributed by atoms with Gasteiger partial charge in [-0.25, -0.2) is 9.59 Å². The zero-order valence-corrected chi connectivity index (χ0v) is 13.6. The molecule has 0 amide bonds. The third-order valence-electron chi connectivity index (χ3n) is 3.70. The van der Waals surface area contributed by atoms with E-state index in [1.165, 1.54) is 18.2 Å². The standard InChI is InChI=1S/C20H16O5/c1-2-24-18-12-14(19(21)22)10-11-17(18)25-20(23)16-9-5-7-13-6-3-4-8-15(13)16/h3-12H,2H2,1H3,(H,21,22). The van der Waals surface area contributed by atoms with Crippen molar-refractivity contribution in [3.8, 4) is 11.5 Å². The lowest BCUT2D eigenvalue weighted by Crippen LogP contribution is -2.11. The Balaban J connectivity index is 1.96. The van der Waals surface area contributed by atoms with E-state index >= 15 is 0 Å². The summed E-state index contributed by atoms with van der Waals surface area (Å²) in [5, 5.41) is 10.8. The average Bonchev–Trinajstić information content (AvgIpc) is 2.62. The lowest BCUT2D eigenvalue weighted by molar-refractivity contribution is 0.0696. The normalized spacial score (nSPS) is 10.4. The molecule has 0 bridgehead atoms. The predicted octanol–water partition coefficient (Wildman–Crippen LogP) is 4.16. The zero-order chi connectivity index (χ0) is 17.8. The molecule has 0 atom stereocenters. The summed E-state index contributed by atoms with van der Waals surface area (Å²) in [6.45, 7) is 2.09. The lowest BCUT2D eigenvalue weighted by atomic mass is 10.0. The summed E-state index contributed by atoms with van der Waals surface area (Å²) in [4.78, 5) is 23.7. The van der Waals surface area contributed by atoms with Crippen LogP contribution in [0, 0.1) is 0 Å². The molecule has 0 saturated carbocycles. The number of rotatable bonds is 5. The number of hydrogen-bond donors (Lipinski definition) is 1. The van der Waals surface area contributed by atoms with Gasteiger partial charge >= 0.3 is 11.9 Å². The van der Waals surface area contributed by atoms with Crippen LogP contribution < -0.4 is 9.47 Å². The fourth-order valence-electron chi connectivity index (χ4n) is 2.55. The first-order valence-corrected chi connectivity index (χ1v) is 7.80. The molecular formula is C20H16O5. The minimum atomic E-state index is -1.08. The van der Waals surface area contributed by atoms with Crippen LogP contribution in [0.1, 0.15) is 27.6 Å². The Morgan fingerprint density at radius 3 is 2.48 bits per heavy atom. The maximum atomic E-state index is 12.6. The van der Waals surface area contributed by atoms with Crippen LogP contribution >= 0.6 is 0 Å². The Labute approximate surface area is 144 Å². The Hall–Kier alpha value is -3.34. The zero-order valence-electron chi connectivity index (χ0n) is 13.6. The maximum absolute atomic E-state index is 12.6. The van der Waals surface area contributed by atoms with Gasteiger partial charge in [-0.1, -0.05) is 36.4 Å². The molecule has 0 aliphatic carbocycles. The lowest BCUT2D eigenvalue weighted by Gasteiger charge is -2.12. The quantitative estimate of drug-likeness (QED) is 0.559. The molecule has 0 radical (unpaired) electrons. The number of benzene rings is 3. The van der Waals surface area contributed by atoms with Gasteiger partial charge in [-0.05, 0) is 42.0 Å². The Bertz CT molecular complexity index is 940. The van der Waals surface area contributed by atoms with Crippen LogP contribution in [-0.4, -0.2) is 23.7 Å². The summed E-state index contributed by atoms with van der Waals surface area (Å²) < 4.78 is 10.9. The molecule has 25 heavy (non-hydrogen) atoms. The van der Waals surface area contributed by atoms with Crippen molar-refractivity contribution in [2.24, 2.45) is 0 Å². The third-order valence-corrected chi connectivity index (χ3v) is 3.70. The van der Waals surface area contributed by atoms with E-state index in [0.29, 0.717) is 12.2 Å². The van der Waals surface area contributed by atoms with Crippen LogP contribution in [0.2, 0.25) is 0 Å². The fraction of sp³-hybridized carbons (Fsp3) is 0.100. The van der Waals surface area contributed by atoms with Gasteiger partial charge in [0, 0.05) is 0 Å². The van der Waals surface area contributed by atoms with Gasteiger partial charge in [0.2, 0.25) is 0 Å². The van der Waals surface area contributed by atoms with Gasteiger partial charge in [0.05, 0.1) is 17.7 Å². The summed E-state index contributed by atoms with van der Waals surface area (Å²) in [6, 6.07) is 17.1. The fourth-order valence-corrected chi connectivity index (χ4v) is 2.55. The number of carbonyl (C=O) groups excluding carboxylic acids is 1. The van der Waals surface area contributed by atoms with Crippen LogP contribution in [0.4, 0.5) is 0 Å². The van der Waals surface area contributed by atoms with Crippen molar-refractivity contribution in [2.45, 2.75) is 6.92 Å². The van der Waals surface area contributed by atoms with Crippen molar-refractivity contribution in [3.63, 3.8) is 0 Å². The van der Waals surface area contributed by atoms with Gasteiger partial charge in [-0.2, -0.15) is 0 Å². The number of carboxylic acids is 1. The van der Waals surface area contributed by atoms with E-state index < -0.39 is 11.9 Å². The van der Waals surface area contributed by atoms with Crippen molar-refractivity contribution in [3.05, 3.63) is 71.8 Å². The molecular weight excluding hydrogens is 320 g/mol.